The summed E-state index contributed by atoms with van der Waals surface area (Å²) in [6.07, 6.45) is -0.165. The van der Waals surface area contributed by atoms with Crippen LogP contribution in [0.2, 0.25) is 0 Å². The zero-order chi connectivity index (χ0) is 27.8. The maximum atomic E-state index is 14.3. The van der Waals surface area contributed by atoms with Crippen molar-refractivity contribution in [3.63, 3.8) is 0 Å². The van der Waals surface area contributed by atoms with Crippen LogP contribution in [0.3, 0.4) is 0 Å². The van der Waals surface area contributed by atoms with E-state index >= 15 is 0 Å². The Morgan fingerprint density at radius 3 is 2.46 bits per heavy atom. The van der Waals surface area contributed by atoms with Crippen molar-refractivity contribution >= 4 is 28.5 Å². The van der Waals surface area contributed by atoms with Crippen LogP contribution in [0.4, 0.5) is 29.5 Å². The van der Waals surface area contributed by atoms with E-state index in [1.165, 1.54) is 17.0 Å². The van der Waals surface area contributed by atoms with Crippen LogP contribution < -0.4 is 16.2 Å². The molecule has 2 saturated heterocycles. The van der Waals surface area contributed by atoms with Crippen LogP contribution in [-0.2, 0) is 11.1 Å². The van der Waals surface area contributed by atoms with Gasteiger partial charge in [-0.25, -0.2) is 4.79 Å². The van der Waals surface area contributed by atoms with E-state index in [-0.39, 0.29) is 17.5 Å². The molecule has 210 valence electrons. The third-order valence-electron chi connectivity index (χ3n) is 8.46. The van der Waals surface area contributed by atoms with Gasteiger partial charge in [-0.2, -0.15) is 18.3 Å². The molecule has 2 aromatic heterocycles. The number of hydrogen-bond donors (Lipinski definition) is 4. The fourth-order valence-corrected chi connectivity index (χ4v) is 6.06. The molecule has 12 heteroatoms. The van der Waals surface area contributed by atoms with E-state index in [1.54, 1.807) is 24.4 Å². The number of fused-ring (bicyclic) bond motifs is 1. The molecule has 1 unspecified atom stereocenters. The number of rotatable bonds is 5. The zero-order valence-electron chi connectivity index (χ0n) is 21.8. The van der Waals surface area contributed by atoms with Gasteiger partial charge in [-0.15, -0.1) is 0 Å². The summed E-state index contributed by atoms with van der Waals surface area (Å²) in [5, 5.41) is 20.4. The molecular formula is C27H33F3N6O3. The van der Waals surface area contributed by atoms with E-state index in [0.29, 0.717) is 74.1 Å². The first-order chi connectivity index (χ1) is 18.6. The minimum absolute atomic E-state index is 0.0217. The number of benzene rings is 1. The normalized spacial score (nSPS) is 22.0. The number of nitrogens with zero attached hydrogens (tertiary/aromatic N) is 3. The summed E-state index contributed by atoms with van der Waals surface area (Å²) < 4.78 is 44.7. The summed E-state index contributed by atoms with van der Waals surface area (Å²) >= 11 is 0. The second-order valence-electron chi connectivity index (χ2n) is 10.5. The molecular weight excluding hydrogens is 513 g/mol. The Morgan fingerprint density at radius 1 is 1.10 bits per heavy atom. The van der Waals surface area contributed by atoms with E-state index in [1.807, 2.05) is 11.6 Å². The van der Waals surface area contributed by atoms with E-state index in [9.17, 15) is 27.9 Å². The number of piperidine rings is 1. The molecule has 1 aromatic carbocycles. The first-order valence-electron chi connectivity index (χ1n) is 13.4. The molecule has 39 heavy (non-hydrogen) atoms. The predicted octanol–water partition coefficient (Wildman–Crippen LogP) is 5.27. The summed E-state index contributed by atoms with van der Waals surface area (Å²) in [5.74, 6) is 0.297. The maximum Gasteiger partial charge on any atom is 0.410 e. The number of carbonyl (C=O) groups is 1. The Bertz CT molecular complexity index is 1380. The van der Waals surface area contributed by atoms with Gasteiger partial charge in [-0.3, -0.25) is 14.8 Å². The first-order valence-corrected chi connectivity index (χ1v) is 13.4. The largest absolute Gasteiger partial charge is 0.465 e. The third kappa shape index (κ3) is 4.75. The lowest BCUT2D eigenvalue weighted by Crippen LogP contribution is -2.53. The number of alkyl halides is 3. The van der Waals surface area contributed by atoms with Crippen molar-refractivity contribution in [2.45, 2.75) is 69.1 Å². The maximum absolute atomic E-state index is 14.3. The minimum atomic E-state index is -4.45. The minimum Gasteiger partial charge on any atom is -0.465 e. The van der Waals surface area contributed by atoms with Gasteiger partial charge in [-0.05, 0) is 62.4 Å². The number of likely N-dealkylation sites (tertiary alicyclic amines) is 1. The van der Waals surface area contributed by atoms with Crippen molar-refractivity contribution < 1.29 is 23.1 Å². The molecule has 4 N–H and O–H groups in total. The van der Waals surface area contributed by atoms with E-state index in [4.69, 9.17) is 5.10 Å². The second-order valence-corrected chi connectivity index (χ2v) is 10.5. The summed E-state index contributed by atoms with van der Waals surface area (Å²) in [6, 6.07) is 7.89. The molecule has 1 atom stereocenters. The van der Waals surface area contributed by atoms with Gasteiger partial charge in [0.2, 0.25) is 0 Å². The van der Waals surface area contributed by atoms with Crippen LogP contribution in [-0.4, -0.2) is 56.7 Å². The van der Waals surface area contributed by atoms with Gasteiger partial charge >= 0.3 is 12.3 Å². The van der Waals surface area contributed by atoms with Gasteiger partial charge in [0.1, 0.15) is 10.9 Å². The molecule has 1 amide bonds. The zero-order valence-corrected chi connectivity index (χ0v) is 21.8. The molecule has 5 rings (SSSR count). The fraction of sp³-hybridized carbons (Fsp3) is 0.519. The monoisotopic (exact) mass is 546 g/mol. The van der Waals surface area contributed by atoms with Gasteiger partial charge in [0, 0.05) is 25.0 Å². The van der Waals surface area contributed by atoms with Crippen LogP contribution in [0.1, 0.15) is 57.4 Å². The Hall–Kier alpha value is -3.54. The number of carboxylic acid groups (broad SMARTS) is 1. The third-order valence-corrected chi connectivity index (χ3v) is 8.46. The number of aromatic nitrogens is 3. The highest BCUT2D eigenvalue weighted by Crippen LogP contribution is 2.44. The highest BCUT2D eigenvalue weighted by atomic mass is 19.4. The number of nitrogens with one attached hydrogen (secondary N) is 3. The van der Waals surface area contributed by atoms with Gasteiger partial charge in [0.15, 0.2) is 5.82 Å². The molecule has 2 aliphatic heterocycles. The van der Waals surface area contributed by atoms with Gasteiger partial charge < -0.3 is 20.3 Å². The smallest absolute Gasteiger partial charge is 0.410 e. The molecule has 2 fully saturated rings. The number of anilines is 2. The summed E-state index contributed by atoms with van der Waals surface area (Å²) in [7, 11) is 0. The topological polar surface area (TPSA) is 115 Å². The highest BCUT2D eigenvalue weighted by molar-refractivity contribution is 5.91. The standard InChI is InChI=1S/C27H33F3N6O3/c1-2-25(12-16-35(17-13-25)24(38)39)36-20-10-15-31-23(37)21(20)22(34-36)33-19-8-6-18(7-9-19)26(27(28,29)30)11-4-3-5-14-32-26/h6-10,15,32H,2-5,11-14,16-17H2,1H3,(H,31,37)(H,33,34)(H,38,39). The van der Waals surface area contributed by atoms with Crippen molar-refractivity contribution in [2.75, 3.05) is 25.0 Å². The lowest BCUT2D eigenvalue weighted by atomic mass is 9.84. The van der Waals surface area contributed by atoms with Crippen LogP contribution in [0.5, 0.6) is 0 Å². The van der Waals surface area contributed by atoms with Crippen molar-refractivity contribution in [2.24, 2.45) is 0 Å². The van der Waals surface area contributed by atoms with Crippen molar-refractivity contribution in [1.29, 1.82) is 0 Å². The summed E-state index contributed by atoms with van der Waals surface area (Å²) in [5.41, 5.74) is -1.64. The van der Waals surface area contributed by atoms with Gasteiger partial charge in [-0.1, -0.05) is 31.9 Å². The lowest BCUT2D eigenvalue weighted by molar-refractivity contribution is -0.202. The van der Waals surface area contributed by atoms with E-state index in [0.717, 1.165) is 6.42 Å². The summed E-state index contributed by atoms with van der Waals surface area (Å²) in [4.78, 5) is 28.4. The average Bonchev–Trinajstić information content (AvgIpc) is 3.10. The van der Waals surface area contributed by atoms with E-state index < -0.39 is 23.3 Å². The Balaban J connectivity index is 1.49. The molecule has 9 nitrogen and oxygen atoms in total. The molecule has 3 aromatic rings. The number of hydrogen-bond acceptors (Lipinski definition) is 5. The quantitative estimate of drug-likeness (QED) is 0.347. The molecule has 0 spiro atoms. The Labute approximate surface area is 223 Å². The highest BCUT2D eigenvalue weighted by Gasteiger charge is 2.55. The van der Waals surface area contributed by atoms with Crippen molar-refractivity contribution in [3.8, 4) is 0 Å². The number of amides is 1. The van der Waals surface area contributed by atoms with Crippen LogP contribution >= 0.6 is 0 Å². The van der Waals surface area contributed by atoms with Crippen molar-refractivity contribution in [1.82, 2.24) is 25.0 Å². The SMILES string of the molecule is CCC1(n2nc(Nc3ccc(C4(C(F)(F)F)CCCCCN4)cc3)c3c(=O)[nH]ccc32)CCN(C(=O)O)CC1. The average molecular weight is 547 g/mol. The Kier molecular flexibility index (Phi) is 7.08. The molecule has 0 radical (unpaired) electrons. The van der Waals surface area contributed by atoms with E-state index in [2.05, 4.69) is 15.6 Å². The summed E-state index contributed by atoms with van der Waals surface area (Å²) in [6.45, 7) is 3.02. The second kappa shape index (κ2) is 10.2. The number of pyridine rings is 1. The Morgan fingerprint density at radius 2 is 1.82 bits per heavy atom. The predicted molar refractivity (Wildman–Crippen MR) is 141 cm³/mol. The molecule has 0 bridgehead atoms. The number of aromatic amines is 1. The number of H-pyrrole nitrogens is 1. The van der Waals surface area contributed by atoms with Gasteiger partial charge in [0.05, 0.1) is 11.1 Å². The van der Waals surface area contributed by atoms with Crippen LogP contribution in [0.15, 0.2) is 41.3 Å². The van der Waals surface area contributed by atoms with Crippen LogP contribution in [0.25, 0.3) is 10.9 Å². The molecule has 4 heterocycles. The fourth-order valence-electron chi connectivity index (χ4n) is 6.06. The molecule has 0 saturated carbocycles. The van der Waals surface area contributed by atoms with Crippen molar-refractivity contribution in [3.05, 3.63) is 52.4 Å². The molecule has 2 aliphatic rings. The van der Waals surface area contributed by atoms with Crippen LogP contribution in [0, 0.1) is 0 Å². The first kappa shape index (κ1) is 27.0. The lowest BCUT2D eigenvalue weighted by Gasteiger charge is -2.41. The van der Waals surface area contributed by atoms with Gasteiger partial charge in [0.25, 0.3) is 5.56 Å². The molecule has 0 aliphatic carbocycles. The number of halogens is 3.